The summed E-state index contributed by atoms with van der Waals surface area (Å²) < 4.78 is 5.15. The summed E-state index contributed by atoms with van der Waals surface area (Å²) >= 11 is 0. The van der Waals surface area contributed by atoms with Gasteiger partial charge in [0.05, 0.1) is 19.1 Å². The van der Waals surface area contributed by atoms with Crippen LogP contribution in [0.25, 0.3) is 0 Å². The van der Waals surface area contributed by atoms with Gasteiger partial charge in [0.25, 0.3) is 0 Å². The summed E-state index contributed by atoms with van der Waals surface area (Å²) in [6.45, 7) is 2.15. The molecule has 0 aliphatic heterocycles. The van der Waals surface area contributed by atoms with Gasteiger partial charge in [-0.1, -0.05) is 18.6 Å². The van der Waals surface area contributed by atoms with Crippen LogP contribution in [0.1, 0.15) is 37.8 Å². The summed E-state index contributed by atoms with van der Waals surface area (Å²) in [7, 11) is 1.67. The zero-order chi connectivity index (χ0) is 13.0. The number of hydrogen-bond donors (Lipinski definition) is 1. The second-order valence-electron chi connectivity index (χ2n) is 4.93. The lowest BCUT2D eigenvalue weighted by Gasteiger charge is -2.22. The van der Waals surface area contributed by atoms with Crippen molar-refractivity contribution >= 4 is 0 Å². The molecule has 2 rings (SSSR count). The maximum absolute atomic E-state index is 9.08. The Morgan fingerprint density at radius 3 is 2.67 bits per heavy atom. The molecule has 96 valence electrons. The Balaban J connectivity index is 1.98. The maximum atomic E-state index is 9.08. The van der Waals surface area contributed by atoms with Gasteiger partial charge in [0, 0.05) is 12.1 Å². The van der Waals surface area contributed by atoms with Crippen LogP contribution in [0.4, 0.5) is 0 Å². The Morgan fingerprint density at radius 2 is 2.06 bits per heavy atom. The van der Waals surface area contributed by atoms with Crippen molar-refractivity contribution in [3.8, 4) is 11.8 Å². The SMILES string of the molecule is COc1ccc(C(C)NC2CCCC2C#N)cc1. The highest BCUT2D eigenvalue weighted by Gasteiger charge is 2.28. The van der Waals surface area contributed by atoms with Gasteiger partial charge in [-0.2, -0.15) is 5.26 Å². The molecule has 1 N–H and O–H groups in total. The van der Waals surface area contributed by atoms with E-state index >= 15 is 0 Å². The molecule has 3 heteroatoms. The minimum atomic E-state index is 0.172. The fourth-order valence-corrected chi connectivity index (χ4v) is 2.62. The fourth-order valence-electron chi connectivity index (χ4n) is 2.62. The van der Waals surface area contributed by atoms with Crippen LogP contribution >= 0.6 is 0 Å². The molecule has 1 aliphatic rings. The Morgan fingerprint density at radius 1 is 1.33 bits per heavy atom. The molecule has 3 nitrogen and oxygen atoms in total. The molecule has 0 radical (unpaired) electrons. The Hall–Kier alpha value is -1.53. The molecule has 0 bridgehead atoms. The van der Waals surface area contributed by atoms with Gasteiger partial charge in [-0.25, -0.2) is 0 Å². The predicted octanol–water partition coefficient (Wildman–Crippen LogP) is 3.04. The van der Waals surface area contributed by atoms with E-state index in [1.165, 1.54) is 5.56 Å². The van der Waals surface area contributed by atoms with Crippen molar-refractivity contribution in [1.29, 1.82) is 5.26 Å². The largest absolute Gasteiger partial charge is 0.497 e. The molecular formula is C15H20N2O. The topological polar surface area (TPSA) is 45.0 Å². The quantitative estimate of drug-likeness (QED) is 0.885. The Bertz CT molecular complexity index is 421. The van der Waals surface area contributed by atoms with Gasteiger partial charge in [-0.3, -0.25) is 0 Å². The number of nitrogens with one attached hydrogen (secondary N) is 1. The molecule has 0 amide bonds. The van der Waals surface area contributed by atoms with Crippen molar-refractivity contribution < 1.29 is 4.74 Å². The number of rotatable bonds is 4. The normalized spacial score (nSPS) is 24.5. The molecule has 3 unspecified atom stereocenters. The van der Waals surface area contributed by atoms with Gasteiger partial charge < -0.3 is 10.1 Å². The van der Waals surface area contributed by atoms with E-state index in [1.54, 1.807) is 7.11 Å². The molecule has 1 aromatic rings. The third kappa shape index (κ3) is 2.83. The molecule has 1 saturated carbocycles. The minimum absolute atomic E-state index is 0.172. The van der Waals surface area contributed by atoms with E-state index < -0.39 is 0 Å². The van der Waals surface area contributed by atoms with E-state index in [-0.39, 0.29) is 12.0 Å². The molecule has 0 aromatic heterocycles. The van der Waals surface area contributed by atoms with Crippen LogP contribution in [0.15, 0.2) is 24.3 Å². The zero-order valence-corrected chi connectivity index (χ0v) is 11.0. The van der Waals surface area contributed by atoms with Crippen LogP contribution in [0.2, 0.25) is 0 Å². The first-order valence-electron chi connectivity index (χ1n) is 6.54. The van der Waals surface area contributed by atoms with E-state index in [9.17, 15) is 0 Å². The molecule has 1 aliphatic carbocycles. The third-order valence-corrected chi connectivity index (χ3v) is 3.76. The summed E-state index contributed by atoms with van der Waals surface area (Å²) in [5, 5.41) is 12.7. The smallest absolute Gasteiger partial charge is 0.118 e. The molecule has 18 heavy (non-hydrogen) atoms. The van der Waals surface area contributed by atoms with Crippen molar-refractivity contribution in [2.75, 3.05) is 7.11 Å². The molecule has 0 spiro atoms. The van der Waals surface area contributed by atoms with Crippen molar-refractivity contribution in [3.05, 3.63) is 29.8 Å². The van der Waals surface area contributed by atoms with E-state index in [1.807, 2.05) is 12.1 Å². The van der Waals surface area contributed by atoms with Crippen molar-refractivity contribution in [2.24, 2.45) is 5.92 Å². The highest BCUT2D eigenvalue weighted by Crippen LogP contribution is 2.27. The van der Waals surface area contributed by atoms with Gasteiger partial charge in [0.2, 0.25) is 0 Å². The van der Waals surface area contributed by atoms with Crippen LogP contribution in [-0.2, 0) is 0 Å². The summed E-state index contributed by atoms with van der Waals surface area (Å²) in [5.41, 5.74) is 1.24. The maximum Gasteiger partial charge on any atom is 0.118 e. The van der Waals surface area contributed by atoms with Crippen molar-refractivity contribution in [3.63, 3.8) is 0 Å². The fraction of sp³-hybridized carbons (Fsp3) is 0.533. The van der Waals surface area contributed by atoms with E-state index in [0.717, 1.165) is 25.0 Å². The van der Waals surface area contributed by atoms with Crippen LogP contribution in [-0.4, -0.2) is 13.2 Å². The number of nitriles is 1. The number of ether oxygens (including phenoxy) is 1. The third-order valence-electron chi connectivity index (χ3n) is 3.76. The van der Waals surface area contributed by atoms with Gasteiger partial charge in [0.15, 0.2) is 0 Å². The summed E-state index contributed by atoms with van der Waals surface area (Å²) in [6, 6.07) is 11.1. The highest BCUT2D eigenvalue weighted by molar-refractivity contribution is 5.29. The Labute approximate surface area is 109 Å². The lowest BCUT2D eigenvalue weighted by Crippen LogP contribution is -2.33. The average Bonchev–Trinajstić information content (AvgIpc) is 2.86. The van der Waals surface area contributed by atoms with Gasteiger partial charge >= 0.3 is 0 Å². The van der Waals surface area contributed by atoms with Crippen LogP contribution in [0, 0.1) is 17.2 Å². The summed E-state index contributed by atoms with van der Waals surface area (Å²) in [4.78, 5) is 0. The number of hydrogen-bond acceptors (Lipinski definition) is 3. The van der Waals surface area contributed by atoms with Crippen LogP contribution < -0.4 is 10.1 Å². The van der Waals surface area contributed by atoms with Crippen LogP contribution in [0.5, 0.6) is 5.75 Å². The molecule has 1 aromatic carbocycles. The van der Waals surface area contributed by atoms with E-state index in [4.69, 9.17) is 10.00 Å². The molecule has 1 fully saturated rings. The average molecular weight is 244 g/mol. The summed E-state index contributed by atoms with van der Waals surface area (Å²) in [6.07, 6.45) is 3.30. The van der Waals surface area contributed by atoms with Gasteiger partial charge in [-0.15, -0.1) is 0 Å². The van der Waals surface area contributed by atoms with E-state index in [2.05, 4.69) is 30.4 Å². The molecule has 0 heterocycles. The highest BCUT2D eigenvalue weighted by atomic mass is 16.5. The molecular weight excluding hydrogens is 224 g/mol. The second kappa shape index (κ2) is 5.88. The zero-order valence-electron chi connectivity index (χ0n) is 11.0. The monoisotopic (exact) mass is 244 g/mol. The minimum Gasteiger partial charge on any atom is -0.497 e. The predicted molar refractivity (Wildman–Crippen MR) is 71.3 cm³/mol. The van der Waals surface area contributed by atoms with Crippen molar-refractivity contribution in [2.45, 2.75) is 38.3 Å². The van der Waals surface area contributed by atoms with Crippen molar-refractivity contribution in [1.82, 2.24) is 5.32 Å². The lowest BCUT2D eigenvalue weighted by atomic mass is 10.0. The first-order valence-corrected chi connectivity index (χ1v) is 6.54. The van der Waals surface area contributed by atoms with Gasteiger partial charge in [0.1, 0.15) is 5.75 Å². The summed E-state index contributed by atoms with van der Waals surface area (Å²) in [5.74, 6) is 1.05. The first-order chi connectivity index (χ1) is 8.74. The molecule has 3 atom stereocenters. The van der Waals surface area contributed by atoms with Gasteiger partial charge in [-0.05, 0) is 37.5 Å². The first kappa shape index (κ1) is 12.9. The number of nitrogens with zero attached hydrogens (tertiary/aromatic N) is 1. The number of benzene rings is 1. The number of methoxy groups -OCH3 is 1. The second-order valence-corrected chi connectivity index (χ2v) is 4.93. The molecule has 0 saturated heterocycles. The van der Waals surface area contributed by atoms with E-state index in [0.29, 0.717) is 6.04 Å². The standard InChI is InChI=1S/C15H20N2O/c1-11(12-6-8-14(18-2)9-7-12)17-15-5-3-4-13(15)10-16/h6-9,11,13,15,17H,3-5H2,1-2H3. The van der Waals surface area contributed by atoms with Crippen LogP contribution in [0.3, 0.4) is 0 Å². The lowest BCUT2D eigenvalue weighted by molar-refractivity contribution is 0.410. The Kier molecular flexibility index (Phi) is 4.22.